The van der Waals surface area contributed by atoms with E-state index in [-0.39, 0.29) is 11.2 Å². The number of carboxylic acids is 1. The molecule has 80 valence electrons. The molecule has 6 heteroatoms. The van der Waals surface area contributed by atoms with Gasteiger partial charge in [-0.3, -0.25) is 9.59 Å². The fourth-order valence-corrected chi connectivity index (χ4v) is 4.17. The van der Waals surface area contributed by atoms with E-state index in [2.05, 4.69) is 0 Å². The third kappa shape index (κ3) is 2.81. The van der Waals surface area contributed by atoms with Crippen molar-refractivity contribution in [1.29, 1.82) is 0 Å². The van der Waals surface area contributed by atoms with E-state index in [1.807, 2.05) is 0 Å². The number of thioether (sulfide) groups is 2. The molecule has 1 heterocycles. The van der Waals surface area contributed by atoms with Gasteiger partial charge >= 0.3 is 11.9 Å². The number of carbonyl (C=O) groups is 2. The summed E-state index contributed by atoms with van der Waals surface area (Å²) in [7, 11) is 0. The van der Waals surface area contributed by atoms with Gasteiger partial charge in [0, 0.05) is 11.5 Å². The summed E-state index contributed by atoms with van der Waals surface area (Å²) in [5, 5.41) is 8.90. The molecule has 4 nitrogen and oxygen atoms in total. The van der Waals surface area contributed by atoms with Crippen LogP contribution in [-0.2, 0) is 14.3 Å². The van der Waals surface area contributed by atoms with Crippen molar-refractivity contribution in [1.82, 2.24) is 0 Å². The molecule has 1 N–H and O–H groups in total. The first kappa shape index (κ1) is 11.7. The van der Waals surface area contributed by atoms with E-state index < -0.39 is 17.9 Å². The Hall–Kier alpha value is -0.360. The molecule has 1 aliphatic rings. The van der Waals surface area contributed by atoms with Crippen LogP contribution in [0.1, 0.15) is 6.92 Å². The molecule has 0 bridgehead atoms. The number of ether oxygens (including phenoxy) is 1. The molecule has 1 fully saturated rings. The second-order valence-corrected chi connectivity index (χ2v) is 5.48. The molecule has 14 heavy (non-hydrogen) atoms. The number of hydrogen-bond acceptors (Lipinski definition) is 5. The third-order valence-corrected chi connectivity index (χ3v) is 4.88. The Morgan fingerprint density at radius 1 is 1.50 bits per heavy atom. The molecule has 0 amide bonds. The molecular formula is C8H12O4S2. The van der Waals surface area contributed by atoms with Crippen molar-refractivity contribution in [3.8, 4) is 0 Å². The van der Waals surface area contributed by atoms with Gasteiger partial charge in [-0.15, -0.1) is 23.5 Å². The summed E-state index contributed by atoms with van der Waals surface area (Å²) in [4.78, 5) is 22.2. The smallest absolute Gasteiger partial charge is 0.322 e. The van der Waals surface area contributed by atoms with Crippen LogP contribution in [0.25, 0.3) is 0 Å². The van der Waals surface area contributed by atoms with E-state index in [0.717, 1.165) is 11.5 Å². The topological polar surface area (TPSA) is 63.6 Å². The number of aliphatic carboxylic acids is 1. The fourth-order valence-electron chi connectivity index (χ4n) is 1.13. The van der Waals surface area contributed by atoms with Gasteiger partial charge in [0.05, 0.1) is 11.2 Å². The Bertz CT molecular complexity index is 225. The summed E-state index contributed by atoms with van der Waals surface area (Å²) in [6, 6.07) is 0. The van der Waals surface area contributed by atoms with Crippen molar-refractivity contribution >= 4 is 35.5 Å². The van der Waals surface area contributed by atoms with Crippen molar-refractivity contribution < 1.29 is 19.4 Å². The minimum atomic E-state index is -1.09. The number of carbonyl (C=O) groups excluding carboxylic acids is 1. The lowest BCUT2D eigenvalue weighted by atomic mass is 10.2. The van der Waals surface area contributed by atoms with Crippen LogP contribution in [0.3, 0.4) is 0 Å². The van der Waals surface area contributed by atoms with Gasteiger partial charge in [-0.25, -0.2) is 0 Å². The van der Waals surface area contributed by atoms with Crippen molar-refractivity contribution in [3.63, 3.8) is 0 Å². The maximum atomic E-state index is 11.3. The van der Waals surface area contributed by atoms with Crippen LogP contribution < -0.4 is 0 Å². The van der Waals surface area contributed by atoms with Gasteiger partial charge in [-0.05, 0) is 6.92 Å². The first-order valence-corrected chi connectivity index (χ1v) is 6.39. The highest BCUT2D eigenvalue weighted by molar-refractivity contribution is 8.20. The lowest BCUT2D eigenvalue weighted by Gasteiger charge is -2.15. The van der Waals surface area contributed by atoms with E-state index in [1.54, 1.807) is 6.92 Å². The maximum Gasteiger partial charge on any atom is 0.322 e. The Labute approximate surface area is 90.8 Å². The highest BCUT2D eigenvalue weighted by atomic mass is 32.2. The van der Waals surface area contributed by atoms with Crippen molar-refractivity contribution in [2.24, 2.45) is 5.92 Å². The zero-order valence-corrected chi connectivity index (χ0v) is 9.40. The van der Waals surface area contributed by atoms with Crippen molar-refractivity contribution in [2.75, 3.05) is 18.1 Å². The first-order valence-electron chi connectivity index (χ1n) is 4.29. The number of hydrogen-bond donors (Lipinski definition) is 1. The van der Waals surface area contributed by atoms with Gasteiger partial charge < -0.3 is 9.84 Å². The van der Waals surface area contributed by atoms with Crippen molar-refractivity contribution in [3.05, 3.63) is 0 Å². The summed E-state index contributed by atoms with van der Waals surface area (Å²) < 4.78 is 4.54. The summed E-state index contributed by atoms with van der Waals surface area (Å²) in [5.74, 6) is -0.925. The van der Waals surface area contributed by atoms with E-state index in [4.69, 9.17) is 9.84 Å². The fraction of sp³-hybridized carbons (Fsp3) is 0.750. The zero-order valence-electron chi connectivity index (χ0n) is 7.76. The molecule has 0 aromatic heterocycles. The Morgan fingerprint density at radius 2 is 2.07 bits per heavy atom. The van der Waals surface area contributed by atoms with E-state index in [0.29, 0.717) is 0 Å². The molecule has 1 saturated heterocycles. The predicted molar refractivity (Wildman–Crippen MR) is 56.5 cm³/mol. The van der Waals surface area contributed by atoms with Crippen molar-refractivity contribution in [2.45, 2.75) is 11.5 Å². The largest absolute Gasteiger partial charge is 0.481 e. The van der Waals surface area contributed by atoms with Crippen LogP contribution in [0.2, 0.25) is 0 Å². The van der Waals surface area contributed by atoms with Gasteiger partial charge in [0.25, 0.3) is 0 Å². The summed E-state index contributed by atoms with van der Waals surface area (Å²) >= 11 is 3.03. The van der Waals surface area contributed by atoms with Crippen LogP contribution in [-0.4, -0.2) is 39.7 Å². The highest BCUT2D eigenvalue weighted by Crippen LogP contribution is 2.37. The molecule has 0 spiro atoms. The Balaban J connectivity index is 2.62. The minimum Gasteiger partial charge on any atom is -0.481 e. The lowest BCUT2D eigenvalue weighted by Crippen LogP contribution is -2.32. The molecule has 0 saturated carbocycles. The Kier molecular flexibility index (Phi) is 4.60. The maximum absolute atomic E-state index is 11.3. The van der Waals surface area contributed by atoms with E-state index in [9.17, 15) is 9.59 Å². The molecule has 0 radical (unpaired) electrons. The third-order valence-electron chi connectivity index (χ3n) is 1.73. The van der Waals surface area contributed by atoms with E-state index in [1.165, 1.54) is 23.5 Å². The second-order valence-electron chi connectivity index (χ2n) is 2.68. The SMILES string of the molecule is CCOC(=O)C(C(=O)O)C1SCCS1. The van der Waals surface area contributed by atoms with Gasteiger partial charge in [-0.1, -0.05) is 0 Å². The second kappa shape index (κ2) is 5.50. The zero-order chi connectivity index (χ0) is 10.6. The van der Waals surface area contributed by atoms with Crippen LogP contribution >= 0.6 is 23.5 Å². The number of rotatable bonds is 4. The number of esters is 1. The minimum absolute atomic E-state index is 0.188. The number of carboxylic acid groups (broad SMARTS) is 1. The summed E-state index contributed by atoms with van der Waals surface area (Å²) in [6.45, 7) is 1.90. The molecule has 1 rings (SSSR count). The van der Waals surface area contributed by atoms with E-state index >= 15 is 0 Å². The molecular weight excluding hydrogens is 224 g/mol. The first-order chi connectivity index (χ1) is 6.66. The molecule has 0 aromatic rings. The lowest BCUT2D eigenvalue weighted by molar-refractivity contribution is -0.157. The molecule has 0 aromatic carbocycles. The van der Waals surface area contributed by atoms with Crippen LogP contribution in [0.5, 0.6) is 0 Å². The standard InChI is InChI=1S/C8H12O4S2/c1-2-12-7(11)5(6(9)10)8-13-3-4-14-8/h5,8H,2-4H2,1H3,(H,9,10). The molecule has 1 unspecified atom stereocenters. The van der Waals surface area contributed by atoms with Gasteiger partial charge in [0.1, 0.15) is 0 Å². The summed E-state index contributed by atoms with van der Waals surface area (Å²) in [5.41, 5.74) is 0. The molecule has 0 aliphatic carbocycles. The average molecular weight is 236 g/mol. The normalized spacial score (nSPS) is 19.2. The average Bonchev–Trinajstić information content (AvgIpc) is 2.57. The predicted octanol–water partition coefficient (Wildman–Crippen LogP) is 1.06. The molecule has 1 atom stereocenters. The van der Waals surface area contributed by atoms with Gasteiger partial charge in [0.15, 0.2) is 5.92 Å². The van der Waals surface area contributed by atoms with Crippen LogP contribution in [0.15, 0.2) is 0 Å². The summed E-state index contributed by atoms with van der Waals surface area (Å²) in [6.07, 6.45) is 0. The van der Waals surface area contributed by atoms with Gasteiger partial charge in [-0.2, -0.15) is 0 Å². The van der Waals surface area contributed by atoms with Gasteiger partial charge in [0.2, 0.25) is 0 Å². The highest BCUT2D eigenvalue weighted by Gasteiger charge is 2.38. The quantitative estimate of drug-likeness (QED) is 0.581. The molecule has 1 aliphatic heterocycles. The van der Waals surface area contributed by atoms with Crippen LogP contribution in [0, 0.1) is 5.92 Å². The Morgan fingerprint density at radius 3 is 2.50 bits per heavy atom. The monoisotopic (exact) mass is 236 g/mol. The van der Waals surface area contributed by atoms with Crippen LogP contribution in [0.4, 0.5) is 0 Å².